The molecule has 0 aromatic rings. The first-order chi connectivity index (χ1) is 9.43. The lowest BCUT2D eigenvalue weighted by Gasteiger charge is -2.36. The Kier molecular flexibility index (Phi) is 6.55. The predicted octanol–water partition coefficient (Wildman–Crippen LogP) is 2.68. The second-order valence-electron chi connectivity index (χ2n) is 5.98. The molecule has 1 aliphatic carbocycles. The fourth-order valence-electron chi connectivity index (χ4n) is 2.72. The zero-order valence-corrected chi connectivity index (χ0v) is 12.5. The fraction of sp³-hybridized carbons (Fsp3) is 0.733. The molecule has 0 aliphatic heterocycles. The lowest BCUT2D eigenvalue weighted by Crippen LogP contribution is -2.44. The van der Waals surface area contributed by atoms with Crippen LogP contribution in [0.1, 0.15) is 52.4 Å². The van der Waals surface area contributed by atoms with Crippen LogP contribution >= 0.6 is 0 Å². The first kappa shape index (κ1) is 16.5. The van der Waals surface area contributed by atoms with Gasteiger partial charge in [-0.15, -0.1) is 0 Å². The molecular weight excluding hydrogens is 256 g/mol. The van der Waals surface area contributed by atoms with E-state index in [2.05, 4.69) is 10.6 Å². The Bertz CT molecular complexity index is 367. The van der Waals surface area contributed by atoms with Gasteiger partial charge < -0.3 is 15.7 Å². The summed E-state index contributed by atoms with van der Waals surface area (Å²) in [5.74, 6) is -0.779. The molecule has 1 aliphatic rings. The Morgan fingerprint density at radius 2 is 1.80 bits per heavy atom. The molecule has 0 heterocycles. The maximum absolute atomic E-state index is 11.7. The van der Waals surface area contributed by atoms with Crippen molar-refractivity contribution in [1.29, 1.82) is 0 Å². The van der Waals surface area contributed by atoms with Crippen LogP contribution < -0.4 is 10.6 Å². The second kappa shape index (κ2) is 7.92. The van der Waals surface area contributed by atoms with Gasteiger partial charge in [0.05, 0.1) is 6.42 Å². The fourth-order valence-corrected chi connectivity index (χ4v) is 2.72. The number of rotatable bonds is 6. The van der Waals surface area contributed by atoms with Gasteiger partial charge >= 0.3 is 12.0 Å². The summed E-state index contributed by atoms with van der Waals surface area (Å²) in [6, 6.07) is -0.224. The van der Waals surface area contributed by atoms with Gasteiger partial charge in [0.1, 0.15) is 0 Å². The number of carbonyl (C=O) groups excluding carboxylic acids is 1. The molecule has 0 aromatic heterocycles. The molecule has 0 radical (unpaired) electrons. The van der Waals surface area contributed by atoms with Crippen molar-refractivity contribution in [2.75, 3.05) is 13.1 Å². The molecule has 2 amide bonds. The van der Waals surface area contributed by atoms with E-state index < -0.39 is 5.97 Å². The van der Waals surface area contributed by atoms with E-state index in [9.17, 15) is 9.59 Å². The van der Waals surface area contributed by atoms with Crippen LogP contribution in [0.4, 0.5) is 4.79 Å². The van der Waals surface area contributed by atoms with E-state index in [1.807, 2.05) is 19.9 Å². The third kappa shape index (κ3) is 6.08. The van der Waals surface area contributed by atoms with Crippen molar-refractivity contribution in [3.63, 3.8) is 0 Å². The van der Waals surface area contributed by atoms with Crippen LogP contribution in [0.5, 0.6) is 0 Å². The van der Waals surface area contributed by atoms with Gasteiger partial charge in [-0.3, -0.25) is 4.79 Å². The van der Waals surface area contributed by atoms with Crippen molar-refractivity contribution >= 4 is 12.0 Å². The van der Waals surface area contributed by atoms with Crippen LogP contribution in [0, 0.1) is 5.41 Å². The molecule has 0 unspecified atom stereocenters. The number of hydrogen-bond acceptors (Lipinski definition) is 2. The van der Waals surface area contributed by atoms with E-state index in [0.29, 0.717) is 13.1 Å². The third-order valence-corrected chi connectivity index (χ3v) is 3.84. The molecule has 1 saturated carbocycles. The molecule has 0 saturated heterocycles. The largest absolute Gasteiger partial charge is 0.481 e. The highest BCUT2D eigenvalue weighted by Crippen LogP contribution is 2.38. The number of amides is 2. The summed E-state index contributed by atoms with van der Waals surface area (Å²) in [7, 11) is 0. The molecule has 114 valence electrons. The monoisotopic (exact) mass is 282 g/mol. The lowest BCUT2D eigenvalue weighted by atomic mass is 9.72. The summed E-state index contributed by atoms with van der Waals surface area (Å²) in [5.41, 5.74) is 0.887. The maximum atomic E-state index is 11.7. The van der Waals surface area contributed by atoms with E-state index in [1.54, 1.807) is 0 Å². The number of urea groups is 1. The smallest absolute Gasteiger partial charge is 0.315 e. The van der Waals surface area contributed by atoms with Crippen LogP contribution in [0.25, 0.3) is 0 Å². The Morgan fingerprint density at radius 3 is 2.35 bits per heavy atom. The first-order valence-electron chi connectivity index (χ1n) is 7.30. The zero-order valence-electron chi connectivity index (χ0n) is 12.5. The highest BCUT2D eigenvalue weighted by Gasteiger charge is 2.34. The van der Waals surface area contributed by atoms with Crippen LogP contribution in [0.2, 0.25) is 0 Å². The molecule has 0 atom stereocenters. The maximum Gasteiger partial charge on any atom is 0.315 e. The average Bonchev–Trinajstić information content (AvgIpc) is 2.36. The molecular formula is C15H26N2O3. The molecule has 0 spiro atoms. The number of carboxylic acid groups (broad SMARTS) is 1. The van der Waals surface area contributed by atoms with Crippen LogP contribution in [0.15, 0.2) is 11.6 Å². The SMILES string of the molecule is CC(C)=CCNC(=O)NCC1(CC(=O)O)CCCCC1. The van der Waals surface area contributed by atoms with Crippen molar-refractivity contribution in [2.24, 2.45) is 5.41 Å². The topological polar surface area (TPSA) is 78.4 Å². The van der Waals surface area contributed by atoms with Gasteiger partial charge in [-0.05, 0) is 32.1 Å². The number of carboxylic acids is 1. The summed E-state index contributed by atoms with van der Waals surface area (Å²) in [5, 5.41) is 14.6. The van der Waals surface area contributed by atoms with E-state index in [4.69, 9.17) is 5.11 Å². The van der Waals surface area contributed by atoms with Gasteiger partial charge in [0, 0.05) is 13.1 Å². The molecule has 5 heteroatoms. The molecule has 3 N–H and O–H groups in total. The lowest BCUT2D eigenvalue weighted by molar-refractivity contribution is -0.140. The molecule has 0 aromatic carbocycles. The molecule has 1 rings (SSSR count). The number of nitrogens with one attached hydrogen (secondary N) is 2. The third-order valence-electron chi connectivity index (χ3n) is 3.84. The summed E-state index contributed by atoms with van der Waals surface area (Å²) < 4.78 is 0. The van der Waals surface area contributed by atoms with E-state index in [0.717, 1.165) is 37.7 Å². The van der Waals surface area contributed by atoms with E-state index in [1.165, 1.54) is 0 Å². The van der Waals surface area contributed by atoms with Gasteiger partial charge in [-0.1, -0.05) is 30.9 Å². The number of hydrogen-bond donors (Lipinski definition) is 3. The average molecular weight is 282 g/mol. The minimum atomic E-state index is -0.779. The Labute approximate surface area is 120 Å². The Morgan fingerprint density at radius 1 is 1.15 bits per heavy atom. The molecule has 1 fully saturated rings. The minimum absolute atomic E-state index is 0.140. The standard InChI is InChI=1S/C15H26N2O3/c1-12(2)6-9-16-14(20)17-11-15(10-13(18)19)7-4-3-5-8-15/h6H,3-5,7-11H2,1-2H3,(H,18,19)(H2,16,17,20). The van der Waals surface area contributed by atoms with E-state index in [-0.39, 0.29) is 17.9 Å². The summed E-state index contributed by atoms with van der Waals surface area (Å²) in [4.78, 5) is 22.7. The van der Waals surface area contributed by atoms with Crippen LogP contribution in [0.3, 0.4) is 0 Å². The Hall–Kier alpha value is -1.52. The highest BCUT2D eigenvalue weighted by atomic mass is 16.4. The van der Waals surface area contributed by atoms with Crippen molar-refractivity contribution in [3.8, 4) is 0 Å². The number of aliphatic carboxylic acids is 1. The summed E-state index contributed by atoms with van der Waals surface area (Å²) in [6.45, 7) is 4.90. The number of allylic oxidation sites excluding steroid dienone is 1. The van der Waals surface area contributed by atoms with Crippen LogP contribution in [-0.4, -0.2) is 30.2 Å². The van der Waals surface area contributed by atoms with Gasteiger partial charge in [0.25, 0.3) is 0 Å². The highest BCUT2D eigenvalue weighted by molar-refractivity contribution is 5.74. The van der Waals surface area contributed by atoms with Gasteiger partial charge in [0.15, 0.2) is 0 Å². The van der Waals surface area contributed by atoms with Gasteiger partial charge in [-0.2, -0.15) is 0 Å². The van der Waals surface area contributed by atoms with Gasteiger partial charge in [0.2, 0.25) is 0 Å². The van der Waals surface area contributed by atoms with E-state index >= 15 is 0 Å². The normalized spacial score (nSPS) is 17.1. The molecule has 5 nitrogen and oxygen atoms in total. The first-order valence-corrected chi connectivity index (χ1v) is 7.30. The molecule has 0 bridgehead atoms. The zero-order chi connectivity index (χ0) is 15.0. The van der Waals surface area contributed by atoms with Crippen molar-refractivity contribution in [3.05, 3.63) is 11.6 Å². The number of carbonyl (C=O) groups is 2. The Balaban J connectivity index is 2.43. The second-order valence-corrected chi connectivity index (χ2v) is 5.98. The van der Waals surface area contributed by atoms with Gasteiger partial charge in [-0.25, -0.2) is 4.79 Å². The van der Waals surface area contributed by atoms with Crippen LogP contribution in [-0.2, 0) is 4.79 Å². The molecule has 20 heavy (non-hydrogen) atoms. The quantitative estimate of drug-likeness (QED) is 0.655. The summed E-state index contributed by atoms with van der Waals surface area (Å²) in [6.07, 6.45) is 7.10. The van der Waals surface area contributed by atoms with Crippen molar-refractivity contribution in [2.45, 2.75) is 52.4 Å². The van der Waals surface area contributed by atoms with Crippen molar-refractivity contribution < 1.29 is 14.7 Å². The summed E-state index contributed by atoms with van der Waals surface area (Å²) >= 11 is 0. The predicted molar refractivity (Wildman–Crippen MR) is 78.6 cm³/mol. The minimum Gasteiger partial charge on any atom is -0.481 e. The van der Waals surface area contributed by atoms with Crippen molar-refractivity contribution in [1.82, 2.24) is 10.6 Å².